The summed E-state index contributed by atoms with van der Waals surface area (Å²) in [6.07, 6.45) is -0.369. The lowest BCUT2D eigenvalue weighted by atomic mass is 9.79. The van der Waals surface area contributed by atoms with E-state index in [-0.39, 0.29) is 28.2 Å². The number of fused-ring (bicyclic) bond motifs is 2. The highest BCUT2D eigenvalue weighted by atomic mass is 17.2. The zero-order valence-electron chi connectivity index (χ0n) is 15.6. The molecule has 1 aliphatic rings. The number of para-hydroxylation sites is 1. The highest BCUT2D eigenvalue weighted by Crippen LogP contribution is 2.43. The molecule has 29 heavy (non-hydrogen) atoms. The van der Waals surface area contributed by atoms with E-state index in [1.54, 1.807) is 72.8 Å². The Balaban J connectivity index is 1.82. The van der Waals surface area contributed by atoms with Crippen LogP contribution in [0.2, 0.25) is 0 Å². The Labute approximate surface area is 167 Å². The topological polar surface area (TPSA) is 82.1 Å². The first-order chi connectivity index (χ1) is 14.1. The molecule has 0 saturated carbocycles. The molecule has 0 bridgehead atoms. The number of carbonyl (C=O) groups is 2. The predicted molar refractivity (Wildman–Crippen MR) is 104 cm³/mol. The fourth-order valence-electron chi connectivity index (χ4n) is 3.49. The lowest BCUT2D eigenvalue weighted by Gasteiger charge is -2.35. The summed E-state index contributed by atoms with van der Waals surface area (Å²) in [4.78, 5) is 30.4. The van der Waals surface area contributed by atoms with Crippen LogP contribution in [-0.4, -0.2) is 17.2 Å². The van der Waals surface area contributed by atoms with Crippen LogP contribution in [0.25, 0.3) is 0 Å². The minimum absolute atomic E-state index is 0.217. The predicted octanol–water partition coefficient (Wildman–Crippen LogP) is 4.70. The Kier molecular flexibility index (Phi) is 4.88. The van der Waals surface area contributed by atoms with Crippen LogP contribution in [0.1, 0.15) is 39.5 Å². The SMILES string of the molecule is CCc1ccc2c(c1)C(=O)c1ccccc1C2(OO)OC(=O)Oc1ccccc1. The second-order valence-electron chi connectivity index (χ2n) is 6.58. The van der Waals surface area contributed by atoms with Crippen molar-refractivity contribution in [2.75, 3.05) is 0 Å². The zero-order chi connectivity index (χ0) is 20.4. The molecule has 6 heteroatoms. The van der Waals surface area contributed by atoms with Gasteiger partial charge >= 0.3 is 11.9 Å². The first-order valence-corrected chi connectivity index (χ1v) is 9.15. The molecular weight excluding hydrogens is 372 g/mol. The third kappa shape index (κ3) is 3.18. The van der Waals surface area contributed by atoms with Gasteiger partial charge in [0, 0.05) is 22.3 Å². The molecule has 0 saturated heterocycles. The van der Waals surface area contributed by atoms with Crippen molar-refractivity contribution in [1.82, 2.24) is 0 Å². The van der Waals surface area contributed by atoms with Gasteiger partial charge in [0.1, 0.15) is 5.75 Å². The van der Waals surface area contributed by atoms with Gasteiger partial charge in [0.2, 0.25) is 0 Å². The molecule has 0 amide bonds. The Morgan fingerprint density at radius 1 is 0.931 bits per heavy atom. The Hall–Kier alpha value is -3.48. The van der Waals surface area contributed by atoms with Crippen LogP contribution in [0.15, 0.2) is 72.8 Å². The van der Waals surface area contributed by atoms with Gasteiger partial charge in [0.05, 0.1) is 0 Å². The highest BCUT2D eigenvalue weighted by molar-refractivity contribution is 6.13. The van der Waals surface area contributed by atoms with Crippen molar-refractivity contribution in [1.29, 1.82) is 0 Å². The maximum atomic E-state index is 13.0. The fraction of sp³-hybridized carbons (Fsp3) is 0.130. The van der Waals surface area contributed by atoms with Crippen LogP contribution in [0.5, 0.6) is 5.75 Å². The molecule has 1 N–H and O–H groups in total. The van der Waals surface area contributed by atoms with Crippen LogP contribution in [0.4, 0.5) is 4.79 Å². The number of ether oxygens (including phenoxy) is 2. The molecule has 6 nitrogen and oxygen atoms in total. The summed E-state index contributed by atoms with van der Waals surface area (Å²) in [5, 5.41) is 9.92. The third-order valence-corrected chi connectivity index (χ3v) is 4.92. The van der Waals surface area contributed by atoms with Crippen molar-refractivity contribution >= 4 is 11.9 Å². The molecule has 1 atom stereocenters. The van der Waals surface area contributed by atoms with Crippen molar-refractivity contribution in [3.8, 4) is 5.75 Å². The summed E-state index contributed by atoms with van der Waals surface area (Å²) >= 11 is 0. The van der Waals surface area contributed by atoms with Crippen molar-refractivity contribution in [3.63, 3.8) is 0 Å². The van der Waals surface area contributed by atoms with E-state index in [4.69, 9.17) is 14.4 Å². The molecular formula is C23H18O6. The minimum Gasteiger partial charge on any atom is -0.395 e. The second kappa shape index (κ2) is 7.50. The molecule has 0 radical (unpaired) electrons. The van der Waals surface area contributed by atoms with Gasteiger partial charge in [0.15, 0.2) is 5.78 Å². The average Bonchev–Trinajstić information content (AvgIpc) is 2.77. The van der Waals surface area contributed by atoms with E-state index in [0.29, 0.717) is 12.0 Å². The summed E-state index contributed by atoms with van der Waals surface area (Å²) in [6, 6.07) is 20.0. The van der Waals surface area contributed by atoms with Crippen molar-refractivity contribution in [2.45, 2.75) is 19.1 Å². The summed E-state index contributed by atoms with van der Waals surface area (Å²) in [7, 11) is 0. The van der Waals surface area contributed by atoms with Gasteiger partial charge in [-0.05, 0) is 30.2 Å². The molecule has 0 fully saturated rings. The van der Waals surface area contributed by atoms with Crippen LogP contribution >= 0.6 is 0 Å². The van der Waals surface area contributed by atoms with E-state index in [1.165, 1.54) is 0 Å². The number of ketones is 1. The van der Waals surface area contributed by atoms with E-state index < -0.39 is 11.9 Å². The van der Waals surface area contributed by atoms with Crippen LogP contribution in [-0.2, 0) is 21.8 Å². The van der Waals surface area contributed by atoms with Gasteiger partial charge in [0.25, 0.3) is 0 Å². The van der Waals surface area contributed by atoms with E-state index in [1.807, 2.05) is 6.92 Å². The molecule has 0 spiro atoms. The average molecular weight is 390 g/mol. The lowest BCUT2D eigenvalue weighted by Crippen LogP contribution is -2.42. The van der Waals surface area contributed by atoms with Gasteiger partial charge in [-0.1, -0.05) is 61.5 Å². The number of aryl methyl sites for hydroxylation is 1. The van der Waals surface area contributed by atoms with E-state index in [2.05, 4.69) is 0 Å². The fourth-order valence-corrected chi connectivity index (χ4v) is 3.49. The Morgan fingerprint density at radius 3 is 2.34 bits per heavy atom. The van der Waals surface area contributed by atoms with Gasteiger partial charge in [-0.25, -0.2) is 10.1 Å². The molecule has 3 aromatic carbocycles. The van der Waals surface area contributed by atoms with Crippen molar-refractivity contribution in [3.05, 3.63) is 101 Å². The minimum atomic E-state index is -2.03. The lowest BCUT2D eigenvalue weighted by molar-refractivity contribution is -0.382. The molecule has 0 heterocycles. The highest BCUT2D eigenvalue weighted by Gasteiger charge is 2.49. The third-order valence-electron chi connectivity index (χ3n) is 4.92. The molecule has 146 valence electrons. The van der Waals surface area contributed by atoms with E-state index in [9.17, 15) is 14.8 Å². The monoisotopic (exact) mass is 390 g/mol. The standard InChI is InChI=1S/C23H18O6/c1-2-15-12-13-20-18(14-15)21(24)17-10-6-7-11-19(17)23(20,29-26)28-22(25)27-16-8-4-3-5-9-16/h3-14,26H,2H2,1H3. The molecule has 0 aromatic heterocycles. The molecule has 1 unspecified atom stereocenters. The van der Waals surface area contributed by atoms with Crippen molar-refractivity contribution < 1.29 is 29.2 Å². The van der Waals surface area contributed by atoms with E-state index >= 15 is 0 Å². The summed E-state index contributed by atoms with van der Waals surface area (Å²) < 4.78 is 10.7. The second-order valence-corrected chi connectivity index (χ2v) is 6.58. The summed E-state index contributed by atoms with van der Waals surface area (Å²) in [5.41, 5.74) is 1.94. The maximum absolute atomic E-state index is 13.0. The molecule has 3 aromatic rings. The van der Waals surface area contributed by atoms with Gasteiger partial charge < -0.3 is 9.47 Å². The van der Waals surface area contributed by atoms with Gasteiger partial charge in [-0.15, -0.1) is 0 Å². The normalized spacial score (nSPS) is 17.2. The quantitative estimate of drug-likeness (QED) is 0.229. The van der Waals surface area contributed by atoms with Crippen LogP contribution in [0.3, 0.4) is 0 Å². The summed E-state index contributed by atoms with van der Waals surface area (Å²) in [5.74, 6) is -2.00. The van der Waals surface area contributed by atoms with Crippen LogP contribution < -0.4 is 4.74 Å². The number of rotatable bonds is 4. The molecule has 1 aliphatic carbocycles. The summed E-state index contributed by atoms with van der Waals surface area (Å²) in [6.45, 7) is 1.96. The van der Waals surface area contributed by atoms with Crippen molar-refractivity contribution in [2.24, 2.45) is 0 Å². The number of hydrogen-bond donors (Lipinski definition) is 1. The Bertz CT molecular complexity index is 1080. The first-order valence-electron chi connectivity index (χ1n) is 9.15. The molecule has 0 aliphatic heterocycles. The number of hydrogen-bond acceptors (Lipinski definition) is 6. The largest absolute Gasteiger partial charge is 0.517 e. The Morgan fingerprint density at radius 2 is 1.62 bits per heavy atom. The van der Waals surface area contributed by atoms with Crippen LogP contribution in [0, 0.1) is 0 Å². The number of carbonyl (C=O) groups excluding carboxylic acids is 2. The number of benzene rings is 3. The molecule has 4 rings (SSSR count). The smallest absolute Gasteiger partial charge is 0.395 e. The zero-order valence-corrected chi connectivity index (χ0v) is 15.6. The van der Waals surface area contributed by atoms with Gasteiger partial charge in [-0.2, -0.15) is 4.89 Å². The van der Waals surface area contributed by atoms with E-state index in [0.717, 1.165) is 5.56 Å². The first kappa shape index (κ1) is 18.9. The van der Waals surface area contributed by atoms with Gasteiger partial charge in [-0.3, -0.25) is 4.79 Å². The maximum Gasteiger partial charge on any atom is 0.517 e.